The lowest BCUT2D eigenvalue weighted by atomic mass is 10.1. The third-order valence-corrected chi connectivity index (χ3v) is 4.64. The first-order valence-corrected chi connectivity index (χ1v) is 8.84. The highest BCUT2D eigenvalue weighted by atomic mass is 32.1. The predicted molar refractivity (Wildman–Crippen MR) is 101 cm³/mol. The minimum atomic E-state index is -0.327. The van der Waals surface area contributed by atoms with Crippen LogP contribution in [-0.2, 0) is 6.42 Å². The van der Waals surface area contributed by atoms with Crippen LogP contribution in [0.4, 0.5) is 10.5 Å². The molecule has 1 unspecified atom stereocenters. The lowest BCUT2D eigenvalue weighted by Gasteiger charge is -2.16. The lowest BCUT2D eigenvalue weighted by molar-refractivity contribution is 0.224. The standard InChI is InChI=1S/C19H19N3O2S/c23-13-17(12-18-2-1-11-25-18)22-19(24)21-16-5-3-14(4-6-16)15-7-9-20-10-8-15/h1-11,17,23H,12-13H2,(H2,21,22,24). The van der Waals surface area contributed by atoms with E-state index in [1.807, 2.05) is 53.9 Å². The van der Waals surface area contributed by atoms with E-state index in [1.54, 1.807) is 23.7 Å². The van der Waals surface area contributed by atoms with Gasteiger partial charge in [0.05, 0.1) is 12.6 Å². The van der Waals surface area contributed by atoms with E-state index in [-0.39, 0.29) is 18.7 Å². The van der Waals surface area contributed by atoms with Gasteiger partial charge in [-0.05, 0) is 46.8 Å². The number of nitrogens with one attached hydrogen (secondary N) is 2. The van der Waals surface area contributed by atoms with Gasteiger partial charge in [-0.3, -0.25) is 4.98 Å². The molecule has 5 nitrogen and oxygen atoms in total. The maximum atomic E-state index is 12.1. The predicted octanol–water partition coefficient (Wildman–Crippen LogP) is 3.54. The summed E-state index contributed by atoms with van der Waals surface area (Å²) >= 11 is 1.61. The number of aromatic nitrogens is 1. The molecule has 2 aromatic heterocycles. The molecule has 0 aliphatic carbocycles. The van der Waals surface area contributed by atoms with Crippen LogP contribution in [0.15, 0.2) is 66.3 Å². The second kappa shape index (κ2) is 8.41. The summed E-state index contributed by atoms with van der Waals surface area (Å²) in [6.45, 7) is -0.105. The zero-order chi connectivity index (χ0) is 17.5. The van der Waals surface area contributed by atoms with Crippen molar-refractivity contribution in [3.05, 3.63) is 71.2 Å². The van der Waals surface area contributed by atoms with Crippen LogP contribution < -0.4 is 10.6 Å². The Hall–Kier alpha value is -2.70. The van der Waals surface area contributed by atoms with Crippen molar-refractivity contribution in [2.45, 2.75) is 12.5 Å². The van der Waals surface area contributed by atoms with Gasteiger partial charge in [-0.1, -0.05) is 18.2 Å². The number of nitrogens with zero attached hydrogens (tertiary/aromatic N) is 1. The molecule has 3 aromatic rings. The maximum Gasteiger partial charge on any atom is 0.319 e. The number of pyridine rings is 1. The molecule has 25 heavy (non-hydrogen) atoms. The number of urea groups is 1. The Morgan fingerprint density at radius 3 is 2.44 bits per heavy atom. The second-order valence-electron chi connectivity index (χ2n) is 5.57. The summed E-state index contributed by atoms with van der Waals surface area (Å²) in [5.74, 6) is 0. The fourth-order valence-corrected chi connectivity index (χ4v) is 3.26. The molecule has 0 radical (unpaired) electrons. The highest BCUT2D eigenvalue weighted by Gasteiger charge is 2.12. The number of rotatable bonds is 6. The summed E-state index contributed by atoms with van der Waals surface area (Å²) in [5, 5.41) is 17.0. The number of aliphatic hydroxyl groups is 1. The second-order valence-corrected chi connectivity index (χ2v) is 6.61. The molecular weight excluding hydrogens is 334 g/mol. The van der Waals surface area contributed by atoms with E-state index in [0.717, 1.165) is 16.0 Å². The van der Waals surface area contributed by atoms with Crippen LogP contribution in [0.2, 0.25) is 0 Å². The maximum absolute atomic E-state index is 12.1. The molecule has 3 N–H and O–H groups in total. The normalized spacial score (nSPS) is 11.7. The quantitative estimate of drug-likeness (QED) is 0.635. The van der Waals surface area contributed by atoms with Crippen LogP contribution in [0.5, 0.6) is 0 Å². The number of amides is 2. The van der Waals surface area contributed by atoms with E-state index in [1.165, 1.54) is 0 Å². The molecule has 3 rings (SSSR count). The topological polar surface area (TPSA) is 74.2 Å². The fourth-order valence-electron chi connectivity index (χ4n) is 2.48. The Morgan fingerprint density at radius 1 is 1.08 bits per heavy atom. The van der Waals surface area contributed by atoms with Crippen molar-refractivity contribution in [1.29, 1.82) is 0 Å². The van der Waals surface area contributed by atoms with Crippen LogP contribution in [-0.4, -0.2) is 28.8 Å². The Balaban J connectivity index is 1.57. The van der Waals surface area contributed by atoms with Crippen molar-refractivity contribution in [3.63, 3.8) is 0 Å². The lowest BCUT2D eigenvalue weighted by Crippen LogP contribution is -2.41. The number of thiophene rings is 1. The Morgan fingerprint density at radius 2 is 1.80 bits per heavy atom. The third-order valence-electron chi connectivity index (χ3n) is 3.74. The summed E-state index contributed by atoms with van der Waals surface area (Å²) in [4.78, 5) is 17.3. The molecule has 0 spiro atoms. The first-order valence-electron chi connectivity index (χ1n) is 7.96. The molecule has 1 atom stereocenters. The van der Waals surface area contributed by atoms with Crippen LogP contribution in [0, 0.1) is 0 Å². The monoisotopic (exact) mass is 353 g/mol. The van der Waals surface area contributed by atoms with Crippen molar-refractivity contribution < 1.29 is 9.90 Å². The number of carbonyl (C=O) groups excluding carboxylic acids is 1. The summed E-state index contributed by atoms with van der Waals surface area (Å²) in [6.07, 6.45) is 4.11. The van der Waals surface area contributed by atoms with E-state index in [4.69, 9.17) is 0 Å². The highest BCUT2D eigenvalue weighted by Crippen LogP contribution is 2.20. The molecule has 1 aromatic carbocycles. The minimum Gasteiger partial charge on any atom is -0.394 e. The Kier molecular flexibility index (Phi) is 5.77. The largest absolute Gasteiger partial charge is 0.394 e. The van der Waals surface area contributed by atoms with E-state index >= 15 is 0 Å². The molecule has 0 saturated carbocycles. The molecule has 128 valence electrons. The Bertz CT molecular complexity index is 789. The zero-order valence-corrected chi connectivity index (χ0v) is 14.4. The van der Waals surface area contributed by atoms with E-state index in [9.17, 15) is 9.90 Å². The molecule has 2 heterocycles. The van der Waals surface area contributed by atoms with Gasteiger partial charge in [0.2, 0.25) is 0 Å². The van der Waals surface area contributed by atoms with Crippen molar-refractivity contribution in [1.82, 2.24) is 10.3 Å². The first kappa shape index (κ1) is 17.1. The number of hydrogen-bond acceptors (Lipinski definition) is 4. The summed E-state index contributed by atoms with van der Waals surface area (Å²) in [7, 11) is 0. The highest BCUT2D eigenvalue weighted by molar-refractivity contribution is 7.09. The average molecular weight is 353 g/mol. The van der Waals surface area contributed by atoms with Gasteiger partial charge in [-0.25, -0.2) is 4.79 Å². The Labute approximate surface area is 150 Å². The average Bonchev–Trinajstić information content (AvgIpc) is 3.15. The molecule has 0 aliphatic rings. The van der Waals surface area contributed by atoms with Gasteiger partial charge < -0.3 is 15.7 Å². The molecular formula is C19H19N3O2S. The molecule has 0 aliphatic heterocycles. The summed E-state index contributed by atoms with van der Waals surface area (Å²) < 4.78 is 0. The van der Waals surface area contributed by atoms with Crippen molar-refractivity contribution in [3.8, 4) is 11.1 Å². The van der Waals surface area contributed by atoms with E-state index in [0.29, 0.717) is 12.1 Å². The zero-order valence-electron chi connectivity index (χ0n) is 13.6. The smallest absolute Gasteiger partial charge is 0.319 e. The van der Waals surface area contributed by atoms with Gasteiger partial charge in [0.25, 0.3) is 0 Å². The summed E-state index contributed by atoms with van der Waals surface area (Å²) in [5.41, 5.74) is 2.82. The van der Waals surface area contributed by atoms with Crippen molar-refractivity contribution in [2.75, 3.05) is 11.9 Å². The van der Waals surface area contributed by atoms with Crippen LogP contribution in [0.25, 0.3) is 11.1 Å². The molecule has 6 heteroatoms. The van der Waals surface area contributed by atoms with Gasteiger partial charge in [0.1, 0.15) is 0 Å². The SMILES string of the molecule is O=C(Nc1ccc(-c2ccncc2)cc1)NC(CO)Cc1cccs1. The number of aliphatic hydroxyl groups excluding tert-OH is 1. The van der Waals surface area contributed by atoms with Gasteiger partial charge >= 0.3 is 6.03 Å². The van der Waals surface area contributed by atoms with Crippen molar-refractivity contribution in [2.24, 2.45) is 0 Å². The number of carbonyl (C=O) groups is 1. The number of anilines is 1. The molecule has 2 amide bonds. The van der Waals surface area contributed by atoms with Gasteiger partial charge in [-0.2, -0.15) is 0 Å². The van der Waals surface area contributed by atoms with Gasteiger partial charge in [0, 0.05) is 29.4 Å². The van der Waals surface area contributed by atoms with E-state index < -0.39 is 0 Å². The van der Waals surface area contributed by atoms with E-state index in [2.05, 4.69) is 15.6 Å². The van der Waals surface area contributed by atoms with Crippen LogP contribution >= 0.6 is 11.3 Å². The molecule has 0 bridgehead atoms. The van der Waals surface area contributed by atoms with Gasteiger partial charge in [-0.15, -0.1) is 11.3 Å². The van der Waals surface area contributed by atoms with Crippen LogP contribution in [0.3, 0.4) is 0 Å². The van der Waals surface area contributed by atoms with Crippen LogP contribution in [0.1, 0.15) is 4.88 Å². The minimum absolute atomic E-state index is 0.105. The van der Waals surface area contributed by atoms with Gasteiger partial charge in [0.15, 0.2) is 0 Å². The number of benzene rings is 1. The first-order chi connectivity index (χ1) is 12.2. The fraction of sp³-hybridized carbons (Fsp3) is 0.158. The number of hydrogen-bond donors (Lipinski definition) is 3. The summed E-state index contributed by atoms with van der Waals surface area (Å²) in [6, 6.07) is 14.8. The molecule has 0 saturated heterocycles. The molecule has 0 fully saturated rings. The van der Waals surface area contributed by atoms with Crippen molar-refractivity contribution >= 4 is 23.1 Å². The third kappa shape index (κ3) is 4.89.